The number of fused-ring (bicyclic) bond motifs is 2. The van der Waals surface area contributed by atoms with E-state index in [0.717, 1.165) is 42.5 Å². The van der Waals surface area contributed by atoms with Crippen LogP contribution < -0.4 is 10.2 Å². The summed E-state index contributed by atoms with van der Waals surface area (Å²) in [4.78, 5) is 26.9. The first kappa shape index (κ1) is 21.7. The van der Waals surface area contributed by atoms with Crippen molar-refractivity contribution in [2.75, 3.05) is 10.2 Å². The molecule has 1 aliphatic heterocycles. The zero-order chi connectivity index (χ0) is 22.2. The second kappa shape index (κ2) is 8.19. The molecule has 6 heteroatoms. The van der Waals surface area contributed by atoms with Crippen molar-refractivity contribution in [1.29, 1.82) is 0 Å². The van der Waals surface area contributed by atoms with Crippen LogP contribution in [0, 0.1) is 0 Å². The minimum absolute atomic E-state index is 0.0512. The Morgan fingerprint density at radius 2 is 1.84 bits per heavy atom. The molecular weight excluding hydrogens is 412 g/mol. The van der Waals surface area contributed by atoms with Crippen LogP contribution >= 0.6 is 11.6 Å². The Bertz CT molecular complexity index is 1010. The zero-order valence-corrected chi connectivity index (χ0v) is 19.1. The summed E-state index contributed by atoms with van der Waals surface area (Å²) in [6, 6.07) is 13.1. The molecule has 0 aromatic heterocycles. The summed E-state index contributed by atoms with van der Waals surface area (Å²) < 4.78 is 5.37. The predicted molar refractivity (Wildman–Crippen MR) is 124 cm³/mol. The van der Waals surface area contributed by atoms with E-state index in [1.54, 1.807) is 19.1 Å². The molecule has 1 saturated carbocycles. The number of anilines is 2. The molecule has 1 heterocycles. The molecule has 31 heavy (non-hydrogen) atoms. The summed E-state index contributed by atoms with van der Waals surface area (Å²) in [6.45, 7) is 6.12. The van der Waals surface area contributed by atoms with E-state index in [-0.39, 0.29) is 23.5 Å². The summed E-state index contributed by atoms with van der Waals surface area (Å²) in [5.74, 6) is 0.0512. The highest BCUT2D eigenvalue weighted by atomic mass is 35.5. The van der Waals surface area contributed by atoms with E-state index in [9.17, 15) is 9.59 Å². The molecule has 1 fully saturated rings. The summed E-state index contributed by atoms with van der Waals surface area (Å²) in [5.41, 5.74) is 3.21. The largest absolute Gasteiger partial charge is 0.444 e. The molecule has 0 unspecified atom stereocenters. The minimum Gasteiger partial charge on any atom is -0.444 e. The molecule has 0 bridgehead atoms. The normalized spacial score (nSPS) is 18.5. The molecule has 2 aliphatic rings. The fourth-order valence-corrected chi connectivity index (χ4v) is 5.78. The fourth-order valence-electron chi connectivity index (χ4n) is 5.57. The van der Waals surface area contributed by atoms with Crippen molar-refractivity contribution in [1.82, 2.24) is 0 Å². The number of benzene rings is 2. The quantitative estimate of drug-likeness (QED) is 0.597. The van der Waals surface area contributed by atoms with Crippen molar-refractivity contribution in [3.63, 3.8) is 0 Å². The van der Waals surface area contributed by atoms with Crippen molar-refractivity contribution < 1.29 is 14.3 Å². The Labute approximate surface area is 188 Å². The third-order valence-corrected chi connectivity index (χ3v) is 7.25. The Morgan fingerprint density at radius 1 is 1.10 bits per heavy atom. The third-order valence-electron chi connectivity index (χ3n) is 7.01. The molecule has 4 rings (SSSR count). The van der Waals surface area contributed by atoms with Crippen LogP contribution in [0.5, 0.6) is 0 Å². The minimum atomic E-state index is -0.515. The van der Waals surface area contributed by atoms with E-state index in [0.29, 0.717) is 10.7 Å². The molecule has 5 nitrogen and oxygen atoms in total. The second-order valence-corrected chi connectivity index (χ2v) is 9.56. The van der Waals surface area contributed by atoms with Crippen molar-refractivity contribution in [2.45, 2.75) is 70.4 Å². The van der Waals surface area contributed by atoms with Gasteiger partial charge < -0.3 is 9.64 Å². The maximum absolute atomic E-state index is 12.6. The molecule has 1 aliphatic carbocycles. The summed E-state index contributed by atoms with van der Waals surface area (Å²) in [5, 5.41) is 3.46. The van der Waals surface area contributed by atoms with E-state index in [1.807, 2.05) is 35.2 Å². The van der Waals surface area contributed by atoms with Gasteiger partial charge in [-0.05, 0) is 68.1 Å². The van der Waals surface area contributed by atoms with Crippen LogP contribution in [0.1, 0.15) is 64.0 Å². The summed E-state index contributed by atoms with van der Waals surface area (Å²) in [6.07, 6.45) is 5.08. The van der Waals surface area contributed by atoms with Gasteiger partial charge in [-0.25, -0.2) is 4.79 Å². The molecule has 2 aromatic carbocycles. The number of nitrogens with one attached hydrogen (secondary N) is 1. The molecular formula is C25H29ClN2O3. The smallest absolute Gasteiger partial charge is 0.411 e. The van der Waals surface area contributed by atoms with Gasteiger partial charge >= 0.3 is 6.09 Å². The average molecular weight is 441 g/mol. The van der Waals surface area contributed by atoms with E-state index < -0.39 is 6.09 Å². The van der Waals surface area contributed by atoms with Gasteiger partial charge in [-0.15, -0.1) is 0 Å². The number of ether oxygens (including phenoxy) is 1. The van der Waals surface area contributed by atoms with Gasteiger partial charge in [0.1, 0.15) is 6.61 Å². The second-order valence-electron chi connectivity index (χ2n) is 9.12. The first-order valence-electron chi connectivity index (χ1n) is 10.9. The average Bonchev–Trinajstić information content (AvgIpc) is 2.91. The number of amides is 2. The van der Waals surface area contributed by atoms with Gasteiger partial charge in [0.25, 0.3) is 0 Å². The Hall–Kier alpha value is -2.53. The Morgan fingerprint density at radius 3 is 2.52 bits per heavy atom. The number of hydrogen-bond donors (Lipinski definition) is 1. The first-order chi connectivity index (χ1) is 14.7. The number of carbonyl (C=O) groups excluding carboxylic acids is 2. The van der Waals surface area contributed by atoms with Crippen LogP contribution in [0.25, 0.3) is 0 Å². The number of nitrogens with zero attached hydrogens (tertiary/aromatic N) is 1. The lowest BCUT2D eigenvalue weighted by molar-refractivity contribution is -0.118. The summed E-state index contributed by atoms with van der Waals surface area (Å²) in [7, 11) is 0. The fraction of sp³-hybridized carbons (Fsp3) is 0.440. The lowest BCUT2D eigenvalue weighted by Gasteiger charge is -2.47. The van der Waals surface area contributed by atoms with Gasteiger partial charge in [0.05, 0.1) is 5.54 Å². The maximum atomic E-state index is 12.6. The van der Waals surface area contributed by atoms with Gasteiger partial charge in [-0.1, -0.05) is 43.0 Å². The Balaban J connectivity index is 1.58. The van der Waals surface area contributed by atoms with Gasteiger partial charge in [-0.3, -0.25) is 10.1 Å². The van der Waals surface area contributed by atoms with Gasteiger partial charge in [0.15, 0.2) is 0 Å². The summed E-state index contributed by atoms with van der Waals surface area (Å²) >= 11 is 5.99. The number of halogens is 1. The number of rotatable bonds is 3. The number of carbonyl (C=O) groups is 2. The topological polar surface area (TPSA) is 58.6 Å². The van der Waals surface area contributed by atoms with Crippen LogP contribution in [0.4, 0.5) is 16.2 Å². The van der Waals surface area contributed by atoms with Crippen LogP contribution in [-0.4, -0.2) is 17.5 Å². The molecule has 164 valence electrons. The van der Waals surface area contributed by atoms with E-state index in [1.165, 1.54) is 6.42 Å². The SMILES string of the molecule is CC(=O)N1c2ccc(NC(=O)OCc3cccc(Cl)c3)cc2C2(CCCCC2)C1(C)C. The zero-order valence-electron chi connectivity index (χ0n) is 18.3. The molecule has 1 spiro atoms. The highest BCUT2D eigenvalue weighted by Gasteiger charge is 2.57. The van der Waals surface area contributed by atoms with E-state index >= 15 is 0 Å². The highest BCUT2D eigenvalue weighted by Crippen LogP contribution is 2.58. The molecule has 1 N–H and O–H groups in total. The van der Waals surface area contributed by atoms with Crippen molar-refractivity contribution in [3.8, 4) is 0 Å². The lowest BCUT2D eigenvalue weighted by Crippen LogP contribution is -2.56. The monoisotopic (exact) mass is 440 g/mol. The molecule has 0 saturated heterocycles. The van der Waals surface area contributed by atoms with Crippen LogP contribution in [-0.2, 0) is 21.6 Å². The van der Waals surface area contributed by atoms with Gasteiger partial charge in [-0.2, -0.15) is 0 Å². The lowest BCUT2D eigenvalue weighted by atomic mass is 9.61. The van der Waals surface area contributed by atoms with Crippen molar-refractivity contribution in [3.05, 3.63) is 58.6 Å². The van der Waals surface area contributed by atoms with Crippen molar-refractivity contribution >= 4 is 35.0 Å². The Kier molecular flexibility index (Phi) is 5.73. The number of hydrogen-bond acceptors (Lipinski definition) is 3. The van der Waals surface area contributed by atoms with Crippen LogP contribution in [0.3, 0.4) is 0 Å². The van der Waals surface area contributed by atoms with E-state index in [4.69, 9.17) is 16.3 Å². The van der Waals surface area contributed by atoms with E-state index in [2.05, 4.69) is 19.2 Å². The predicted octanol–water partition coefficient (Wildman–Crippen LogP) is 6.44. The van der Waals surface area contributed by atoms with Crippen LogP contribution in [0.15, 0.2) is 42.5 Å². The third kappa shape index (κ3) is 3.80. The highest BCUT2D eigenvalue weighted by molar-refractivity contribution is 6.30. The first-order valence-corrected chi connectivity index (χ1v) is 11.3. The maximum Gasteiger partial charge on any atom is 0.411 e. The van der Waals surface area contributed by atoms with Crippen LogP contribution in [0.2, 0.25) is 5.02 Å². The molecule has 2 amide bonds. The standard InChI is InChI=1S/C25H29ClN2O3/c1-17(29)28-22-11-10-20(27-23(30)31-16-18-8-7-9-19(26)14-18)15-21(22)25(24(28,2)3)12-5-4-6-13-25/h7-11,14-15H,4-6,12-13,16H2,1-3H3,(H,27,30). The molecule has 0 radical (unpaired) electrons. The van der Waals surface area contributed by atoms with Crippen molar-refractivity contribution in [2.24, 2.45) is 0 Å². The van der Waals surface area contributed by atoms with Gasteiger partial charge in [0.2, 0.25) is 5.91 Å². The molecule has 0 atom stereocenters. The van der Waals surface area contributed by atoms with Gasteiger partial charge in [0, 0.05) is 28.7 Å². The molecule has 2 aromatic rings.